The van der Waals surface area contributed by atoms with Crippen molar-refractivity contribution in [3.8, 4) is 0 Å². The van der Waals surface area contributed by atoms with E-state index in [0.29, 0.717) is 18.0 Å². The second-order valence-corrected chi connectivity index (χ2v) is 8.89. The highest BCUT2D eigenvalue weighted by atomic mass is 35.5. The molecule has 1 aliphatic heterocycles. The summed E-state index contributed by atoms with van der Waals surface area (Å²) in [5, 5.41) is 5.15. The molecule has 1 unspecified atom stereocenters. The number of aromatic nitrogens is 1. The fourth-order valence-electron chi connectivity index (χ4n) is 3.67. The van der Waals surface area contributed by atoms with Gasteiger partial charge < -0.3 is 10.2 Å². The molecule has 1 aromatic heterocycles. The van der Waals surface area contributed by atoms with E-state index < -0.39 is 0 Å². The number of hydrogen-bond donors (Lipinski definition) is 1. The molecule has 0 saturated carbocycles. The van der Waals surface area contributed by atoms with Crippen LogP contribution in [-0.4, -0.2) is 34.6 Å². The van der Waals surface area contributed by atoms with Crippen LogP contribution in [0.5, 0.6) is 0 Å². The van der Waals surface area contributed by atoms with E-state index in [4.69, 9.17) is 11.6 Å². The Kier molecular flexibility index (Phi) is 6.75. The first-order chi connectivity index (χ1) is 14.6. The van der Waals surface area contributed by atoms with E-state index in [1.807, 2.05) is 29.2 Å². The maximum absolute atomic E-state index is 13.3. The first-order valence-electron chi connectivity index (χ1n) is 10.1. The first-order valence-corrected chi connectivity index (χ1v) is 11.5. The Balaban J connectivity index is 1.33. The van der Waals surface area contributed by atoms with Gasteiger partial charge >= 0.3 is 0 Å². The van der Waals surface area contributed by atoms with Crippen molar-refractivity contribution in [3.63, 3.8) is 0 Å². The van der Waals surface area contributed by atoms with Gasteiger partial charge in [0.2, 0.25) is 5.91 Å². The number of carbonyl (C=O) groups is 1. The van der Waals surface area contributed by atoms with Gasteiger partial charge in [0.25, 0.3) is 0 Å². The molecule has 4 nitrogen and oxygen atoms in total. The van der Waals surface area contributed by atoms with E-state index in [1.165, 1.54) is 12.1 Å². The van der Waals surface area contributed by atoms with E-state index >= 15 is 0 Å². The fourth-order valence-corrected chi connectivity index (χ4v) is 5.11. The number of rotatable bonds is 7. The van der Waals surface area contributed by atoms with Crippen LogP contribution in [-0.2, 0) is 4.79 Å². The zero-order valence-electron chi connectivity index (χ0n) is 16.5. The average Bonchev–Trinajstić information content (AvgIpc) is 2.75. The topological polar surface area (TPSA) is 45.2 Å². The van der Waals surface area contributed by atoms with Crippen LogP contribution in [0.2, 0.25) is 5.02 Å². The molecule has 3 aromatic rings. The number of amides is 1. The van der Waals surface area contributed by atoms with Crippen molar-refractivity contribution in [3.05, 3.63) is 71.1 Å². The van der Waals surface area contributed by atoms with Crippen molar-refractivity contribution in [2.24, 2.45) is 0 Å². The number of anilines is 1. The van der Waals surface area contributed by atoms with Gasteiger partial charge in [-0.15, -0.1) is 11.8 Å². The molecule has 2 heterocycles. The average molecular weight is 444 g/mol. The van der Waals surface area contributed by atoms with Crippen molar-refractivity contribution < 1.29 is 9.18 Å². The molecule has 1 atom stereocenters. The van der Waals surface area contributed by atoms with Gasteiger partial charge in [-0.1, -0.05) is 23.7 Å². The molecule has 0 radical (unpaired) electrons. The highest BCUT2D eigenvalue weighted by Crippen LogP contribution is 2.37. The minimum atomic E-state index is -0.255. The van der Waals surface area contributed by atoms with Crippen molar-refractivity contribution >= 4 is 45.9 Å². The Bertz CT molecular complexity index is 1030. The number of unbranched alkanes of at least 4 members (excludes halogenated alkanes) is 1. The lowest BCUT2D eigenvalue weighted by atomic mass is 10.1. The largest absolute Gasteiger partial charge is 0.384 e. The molecule has 0 bridgehead atoms. The molecule has 2 aromatic carbocycles. The zero-order chi connectivity index (χ0) is 20.9. The molecule has 1 amide bonds. The molecule has 7 heteroatoms. The number of pyridine rings is 1. The van der Waals surface area contributed by atoms with Crippen LogP contribution in [0.1, 0.15) is 30.2 Å². The third kappa shape index (κ3) is 4.87. The van der Waals surface area contributed by atoms with Gasteiger partial charge in [0, 0.05) is 47.6 Å². The highest BCUT2D eigenvalue weighted by molar-refractivity contribution is 7.99. The standard InChI is InChI=1S/C23H23ClFN3OS/c24-17-5-8-19-20(9-12-27-21(19)15-17)26-11-1-2-13-28-22(29)10-14-30-23(28)16-3-6-18(25)7-4-16/h3-9,12,15,23H,1-2,10-11,13-14H2,(H,26,27). The predicted molar refractivity (Wildman–Crippen MR) is 122 cm³/mol. The van der Waals surface area contributed by atoms with E-state index in [-0.39, 0.29) is 17.1 Å². The Hall–Kier alpha value is -2.31. The summed E-state index contributed by atoms with van der Waals surface area (Å²) in [5.74, 6) is 0.723. The molecule has 4 rings (SSSR count). The maximum atomic E-state index is 13.3. The molecule has 30 heavy (non-hydrogen) atoms. The van der Waals surface area contributed by atoms with E-state index in [2.05, 4.69) is 10.3 Å². The summed E-state index contributed by atoms with van der Waals surface area (Å²) in [7, 11) is 0. The van der Waals surface area contributed by atoms with Gasteiger partial charge in [0.05, 0.1) is 5.52 Å². The number of halogens is 2. The number of fused-ring (bicyclic) bond motifs is 1. The zero-order valence-corrected chi connectivity index (χ0v) is 18.1. The Morgan fingerprint density at radius 2 is 2.00 bits per heavy atom. The minimum absolute atomic E-state index is 0.0336. The van der Waals surface area contributed by atoms with Gasteiger partial charge in [-0.05, 0) is 54.8 Å². The fraction of sp³-hybridized carbons (Fsp3) is 0.304. The number of nitrogens with zero attached hydrogens (tertiary/aromatic N) is 2. The molecule has 1 aliphatic rings. The summed E-state index contributed by atoms with van der Waals surface area (Å²) < 4.78 is 13.3. The lowest BCUT2D eigenvalue weighted by Gasteiger charge is -2.35. The Morgan fingerprint density at radius 3 is 2.83 bits per heavy atom. The van der Waals surface area contributed by atoms with Gasteiger partial charge in [0.1, 0.15) is 11.2 Å². The van der Waals surface area contributed by atoms with Crippen LogP contribution in [0, 0.1) is 5.82 Å². The molecule has 1 fully saturated rings. The summed E-state index contributed by atoms with van der Waals surface area (Å²) in [4.78, 5) is 18.8. The highest BCUT2D eigenvalue weighted by Gasteiger charge is 2.29. The van der Waals surface area contributed by atoms with E-state index in [1.54, 1.807) is 30.1 Å². The monoisotopic (exact) mass is 443 g/mol. The number of hydrogen-bond acceptors (Lipinski definition) is 4. The van der Waals surface area contributed by atoms with Gasteiger partial charge in [-0.25, -0.2) is 4.39 Å². The molecular formula is C23H23ClFN3OS. The van der Waals surface area contributed by atoms with Gasteiger partial charge in [-0.2, -0.15) is 0 Å². The van der Waals surface area contributed by atoms with E-state index in [0.717, 1.165) is 47.3 Å². The second kappa shape index (κ2) is 9.67. The van der Waals surface area contributed by atoms with Gasteiger partial charge in [-0.3, -0.25) is 9.78 Å². The summed E-state index contributed by atoms with van der Waals surface area (Å²) in [6.45, 7) is 1.50. The van der Waals surface area contributed by atoms with Crippen LogP contribution >= 0.6 is 23.4 Å². The minimum Gasteiger partial charge on any atom is -0.384 e. The molecule has 0 aliphatic carbocycles. The number of carbonyl (C=O) groups excluding carboxylic acids is 1. The summed E-state index contributed by atoms with van der Waals surface area (Å²) >= 11 is 7.80. The quantitative estimate of drug-likeness (QED) is 0.463. The van der Waals surface area contributed by atoms with Crippen molar-refractivity contribution in [1.29, 1.82) is 0 Å². The van der Waals surface area contributed by atoms with Crippen LogP contribution in [0.25, 0.3) is 10.9 Å². The van der Waals surface area contributed by atoms with E-state index in [9.17, 15) is 9.18 Å². The summed E-state index contributed by atoms with van der Waals surface area (Å²) in [6, 6.07) is 14.1. The molecule has 156 valence electrons. The van der Waals surface area contributed by atoms with Crippen molar-refractivity contribution in [2.75, 3.05) is 24.2 Å². The van der Waals surface area contributed by atoms with Crippen LogP contribution in [0.4, 0.5) is 10.1 Å². The molecule has 1 N–H and O–H groups in total. The predicted octanol–water partition coefficient (Wildman–Crippen LogP) is 5.88. The lowest BCUT2D eigenvalue weighted by molar-refractivity contribution is -0.132. The third-order valence-electron chi connectivity index (χ3n) is 5.20. The lowest BCUT2D eigenvalue weighted by Crippen LogP contribution is -2.38. The number of benzene rings is 2. The smallest absolute Gasteiger partial charge is 0.224 e. The molecule has 1 saturated heterocycles. The van der Waals surface area contributed by atoms with Gasteiger partial charge in [0.15, 0.2) is 0 Å². The van der Waals surface area contributed by atoms with Crippen molar-refractivity contribution in [1.82, 2.24) is 9.88 Å². The summed E-state index contributed by atoms with van der Waals surface area (Å²) in [6.07, 6.45) is 4.16. The first kappa shape index (κ1) is 20.9. The second-order valence-electron chi connectivity index (χ2n) is 7.27. The van der Waals surface area contributed by atoms with Crippen LogP contribution in [0.3, 0.4) is 0 Å². The van der Waals surface area contributed by atoms with Crippen LogP contribution < -0.4 is 5.32 Å². The van der Waals surface area contributed by atoms with Crippen LogP contribution in [0.15, 0.2) is 54.7 Å². The summed E-state index contributed by atoms with van der Waals surface area (Å²) in [5.41, 5.74) is 2.88. The third-order valence-corrected chi connectivity index (χ3v) is 6.71. The molecule has 0 spiro atoms. The maximum Gasteiger partial charge on any atom is 0.224 e. The van der Waals surface area contributed by atoms with Crippen molar-refractivity contribution in [2.45, 2.75) is 24.6 Å². The molecular weight excluding hydrogens is 421 g/mol. The number of nitrogens with one attached hydrogen (secondary N) is 1. The normalized spacial score (nSPS) is 16.8. The Labute approximate surface area is 184 Å². The number of thioether (sulfide) groups is 1. The Morgan fingerprint density at radius 1 is 1.17 bits per heavy atom. The SMILES string of the molecule is O=C1CCSC(c2ccc(F)cc2)N1CCCCNc1ccnc2cc(Cl)ccc12.